The van der Waals surface area contributed by atoms with Gasteiger partial charge >= 0.3 is 6.36 Å². The summed E-state index contributed by atoms with van der Waals surface area (Å²) >= 11 is 5.87. The van der Waals surface area contributed by atoms with Crippen LogP contribution in [0.4, 0.5) is 19.0 Å². The van der Waals surface area contributed by atoms with Crippen LogP contribution in [0.15, 0.2) is 36.7 Å². The third kappa shape index (κ3) is 4.51. The normalized spacial score (nSPS) is 16.9. The number of halogens is 4. The Morgan fingerprint density at radius 3 is 2.83 bits per heavy atom. The number of rotatable bonds is 5. The molecule has 3 aromatic rings. The number of nitrogens with zero attached hydrogens (tertiary/aromatic N) is 3. The first-order valence-electron chi connectivity index (χ1n) is 8.88. The summed E-state index contributed by atoms with van der Waals surface area (Å²) in [5, 5.41) is 13.0. The van der Waals surface area contributed by atoms with E-state index in [4.69, 9.17) is 16.3 Å². The third-order valence-corrected chi connectivity index (χ3v) is 4.82. The molecule has 0 aliphatic carbocycles. The summed E-state index contributed by atoms with van der Waals surface area (Å²) in [4.78, 5) is 4.12. The molecule has 1 atom stereocenters. The topological polar surface area (TPSA) is 69.2 Å². The maximum absolute atomic E-state index is 12.9. The highest BCUT2D eigenvalue weighted by atomic mass is 35.5. The van der Waals surface area contributed by atoms with Crippen LogP contribution in [0.25, 0.3) is 22.0 Å². The van der Waals surface area contributed by atoms with E-state index in [2.05, 4.69) is 25.2 Å². The monoisotopic (exact) mass is 424 g/mol. The Morgan fingerprint density at radius 2 is 2.07 bits per heavy atom. The average Bonchev–Trinajstić information content (AvgIpc) is 3.19. The molecule has 1 aromatic carbocycles. The van der Waals surface area contributed by atoms with Crippen LogP contribution in [0.2, 0.25) is 5.02 Å². The predicted molar refractivity (Wildman–Crippen MR) is 102 cm³/mol. The molecule has 0 unspecified atom stereocenters. The van der Waals surface area contributed by atoms with Crippen LogP contribution < -0.4 is 10.1 Å². The standard InChI is InChI=1S/C19H16ClF3N4O2/c20-12-1-2-14(16(7-12)29-19(21,22)23)17-13-3-5-24-9-15(13)18(27-26-17)25-8-11-4-6-28-10-11/h1-3,5,7,9,11H,4,6,8,10H2,(H,25,27)/t11-/m1/s1. The number of hydrogen-bond acceptors (Lipinski definition) is 6. The molecule has 0 bridgehead atoms. The quantitative estimate of drug-likeness (QED) is 0.640. The van der Waals surface area contributed by atoms with E-state index in [1.165, 1.54) is 12.1 Å². The Bertz CT molecular complexity index is 1030. The van der Waals surface area contributed by atoms with Crippen molar-refractivity contribution in [1.29, 1.82) is 0 Å². The zero-order chi connectivity index (χ0) is 20.4. The molecule has 0 spiro atoms. The average molecular weight is 425 g/mol. The summed E-state index contributed by atoms with van der Waals surface area (Å²) < 4.78 is 48.1. The molecule has 29 heavy (non-hydrogen) atoms. The summed E-state index contributed by atoms with van der Waals surface area (Å²) in [5.41, 5.74) is 0.374. The Morgan fingerprint density at radius 1 is 1.21 bits per heavy atom. The first kappa shape index (κ1) is 19.7. The largest absolute Gasteiger partial charge is 0.573 e. The second-order valence-corrected chi connectivity index (χ2v) is 7.05. The molecule has 0 radical (unpaired) electrons. The number of alkyl halides is 3. The molecule has 1 saturated heterocycles. The van der Waals surface area contributed by atoms with E-state index in [0.717, 1.165) is 19.1 Å². The van der Waals surface area contributed by atoms with Crippen LogP contribution in [0.3, 0.4) is 0 Å². The van der Waals surface area contributed by atoms with Crippen LogP contribution >= 0.6 is 11.6 Å². The fourth-order valence-corrected chi connectivity index (χ4v) is 3.38. The van der Waals surface area contributed by atoms with Crippen molar-refractivity contribution < 1.29 is 22.6 Å². The summed E-state index contributed by atoms with van der Waals surface area (Å²) in [7, 11) is 0. The van der Waals surface area contributed by atoms with Crippen LogP contribution in [0.5, 0.6) is 5.75 Å². The maximum Gasteiger partial charge on any atom is 0.573 e. The van der Waals surface area contributed by atoms with Gasteiger partial charge in [0.1, 0.15) is 11.4 Å². The zero-order valence-electron chi connectivity index (χ0n) is 15.0. The van der Waals surface area contributed by atoms with Crippen LogP contribution in [0, 0.1) is 5.92 Å². The summed E-state index contributed by atoms with van der Waals surface area (Å²) in [6, 6.07) is 5.68. The molecule has 1 fully saturated rings. The summed E-state index contributed by atoms with van der Waals surface area (Å²) in [6.07, 6.45) is -0.768. The molecule has 3 heterocycles. The van der Waals surface area contributed by atoms with E-state index < -0.39 is 12.1 Å². The van der Waals surface area contributed by atoms with Crippen molar-refractivity contribution in [3.05, 3.63) is 41.7 Å². The first-order valence-corrected chi connectivity index (χ1v) is 9.26. The molecular formula is C19H16ClF3N4O2. The molecule has 1 aliphatic rings. The molecule has 0 saturated carbocycles. The molecule has 10 heteroatoms. The predicted octanol–water partition coefficient (Wildman–Crippen LogP) is 4.69. The molecule has 152 valence electrons. The van der Waals surface area contributed by atoms with E-state index in [1.807, 2.05) is 0 Å². The van der Waals surface area contributed by atoms with Crippen molar-refractivity contribution in [2.24, 2.45) is 5.92 Å². The summed E-state index contributed by atoms with van der Waals surface area (Å²) in [5.74, 6) is 0.434. The lowest BCUT2D eigenvalue weighted by molar-refractivity contribution is -0.274. The Balaban J connectivity index is 1.75. The van der Waals surface area contributed by atoms with Gasteiger partial charge in [0.2, 0.25) is 0 Å². The molecule has 0 amide bonds. The second kappa shape index (κ2) is 8.00. The number of aromatic nitrogens is 3. The SMILES string of the molecule is FC(F)(F)Oc1cc(Cl)ccc1-c1nnc(NC[C@H]2CCOC2)c2cnccc12. The van der Waals surface area contributed by atoms with E-state index in [0.29, 0.717) is 35.7 Å². The number of benzene rings is 1. The molecular weight excluding hydrogens is 409 g/mol. The van der Waals surface area contributed by atoms with Crippen LogP contribution in [0.1, 0.15) is 6.42 Å². The van der Waals surface area contributed by atoms with E-state index in [1.54, 1.807) is 18.5 Å². The van der Waals surface area contributed by atoms with Crippen molar-refractivity contribution in [1.82, 2.24) is 15.2 Å². The van der Waals surface area contributed by atoms with Gasteiger partial charge < -0.3 is 14.8 Å². The lowest BCUT2D eigenvalue weighted by atomic mass is 10.0. The zero-order valence-corrected chi connectivity index (χ0v) is 15.8. The van der Waals surface area contributed by atoms with Crippen LogP contribution in [-0.4, -0.2) is 41.3 Å². The minimum absolute atomic E-state index is 0.115. The molecule has 1 aliphatic heterocycles. The van der Waals surface area contributed by atoms with Gasteiger partial charge in [-0.1, -0.05) is 11.6 Å². The van der Waals surface area contributed by atoms with Crippen LogP contribution in [-0.2, 0) is 4.74 Å². The van der Waals surface area contributed by atoms with Gasteiger partial charge in [-0.05, 0) is 30.7 Å². The number of ether oxygens (including phenoxy) is 2. The van der Waals surface area contributed by atoms with Crippen molar-refractivity contribution >= 4 is 28.2 Å². The molecule has 2 aromatic heterocycles. The Kier molecular flexibility index (Phi) is 5.42. The van der Waals surface area contributed by atoms with E-state index >= 15 is 0 Å². The molecule has 4 rings (SSSR count). The van der Waals surface area contributed by atoms with Crippen molar-refractivity contribution in [2.45, 2.75) is 12.8 Å². The van der Waals surface area contributed by atoms with Gasteiger partial charge in [-0.2, -0.15) is 0 Å². The Labute approximate surface area is 169 Å². The molecule has 6 nitrogen and oxygen atoms in total. The second-order valence-electron chi connectivity index (χ2n) is 6.62. The van der Waals surface area contributed by atoms with Gasteiger partial charge in [0.05, 0.1) is 6.61 Å². The number of nitrogens with one attached hydrogen (secondary N) is 1. The van der Waals surface area contributed by atoms with Gasteiger partial charge in [-0.3, -0.25) is 4.98 Å². The number of hydrogen-bond donors (Lipinski definition) is 1. The smallest absolute Gasteiger partial charge is 0.405 e. The highest BCUT2D eigenvalue weighted by Gasteiger charge is 2.33. The Hall–Kier alpha value is -2.65. The van der Waals surface area contributed by atoms with Crippen molar-refractivity contribution in [3.8, 4) is 17.0 Å². The van der Waals surface area contributed by atoms with Gasteiger partial charge in [-0.25, -0.2) is 0 Å². The number of pyridine rings is 1. The lowest BCUT2D eigenvalue weighted by Gasteiger charge is -2.16. The number of anilines is 1. The fraction of sp³-hybridized carbons (Fsp3) is 0.316. The van der Waals surface area contributed by atoms with Gasteiger partial charge in [0.15, 0.2) is 5.82 Å². The fourth-order valence-electron chi connectivity index (χ4n) is 3.21. The van der Waals surface area contributed by atoms with E-state index in [-0.39, 0.29) is 16.3 Å². The minimum Gasteiger partial charge on any atom is -0.405 e. The third-order valence-electron chi connectivity index (χ3n) is 4.59. The summed E-state index contributed by atoms with van der Waals surface area (Å²) in [6.45, 7) is 2.07. The van der Waals surface area contributed by atoms with Crippen molar-refractivity contribution in [3.63, 3.8) is 0 Å². The minimum atomic E-state index is -4.87. The number of fused-ring (bicyclic) bond motifs is 1. The molecule has 1 N–H and O–H groups in total. The van der Waals surface area contributed by atoms with Gasteiger partial charge in [0, 0.05) is 52.8 Å². The maximum atomic E-state index is 12.9. The highest BCUT2D eigenvalue weighted by molar-refractivity contribution is 6.30. The first-order chi connectivity index (χ1) is 13.9. The highest BCUT2D eigenvalue weighted by Crippen LogP contribution is 2.38. The van der Waals surface area contributed by atoms with Crippen molar-refractivity contribution in [2.75, 3.05) is 25.1 Å². The van der Waals surface area contributed by atoms with E-state index in [9.17, 15) is 13.2 Å². The van der Waals surface area contributed by atoms with Gasteiger partial charge in [0.25, 0.3) is 0 Å². The lowest BCUT2D eigenvalue weighted by Crippen LogP contribution is -2.18. The van der Waals surface area contributed by atoms with Gasteiger partial charge in [-0.15, -0.1) is 23.4 Å².